The number of rotatable bonds is 4. The van der Waals surface area contributed by atoms with E-state index in [-0.39, 0.29) is 5.92 Å². The molecule has 2 nitrogen and oxygen atoms in total. The number of hydrogen-bond donors (Lipinski definition) is 0. The smallest absolute Gasteiger partial charge is 0.128 e. The van der Waals surface area contributed by atoms with Crippen molar-refractivity contribution in [2.75, 3.05) is 19.6 Å². The van der Waals surface area contributed by atoms with Crippen molar-refractivity contribution in [3.05, 3.63) is 34.3 Å². The van der Waals surface area contributed by atoms with Gasteiger partial charge in [0, 0.05) is 11.0 Å². The Balaban J connectivity index is 2.03. The van der Waals surface area contributed by atoms with E-state index in [2.05, 4.69) is 20.8 Å². The fraction of sp³-hybridized carbons (Fsp3) is 0.462. The van der Waals surface area contributed by atoms with Crippen LogP contribution in [0.3, 0.4) is 0 Å². The molecule has 1 aliphatic heterocycles. The van der Waals surface area contributed by atoms with Crippen molar-refractivity contribution < 1.29 is 4.79 Å². The quantitative estimate of drug-likeness (QED) is 0.791. The summed E-state index contributed by atoms with van der Waals surface area (Å²) in [6, 6.07) is 8.05. The third-order valence-electron chi connectivity index (χ3n) is 3.12. The summed E-state index contributed by atoms with van der Waals surface area (Å²) in [5.74, 6) is 0.0196. The number of carbonyl (C=O) groups is 1. The fourth-order valence-electron chi connectivity index (χ4n) is 2.18. The molecule has 1 aromatic rings. The van der Waals surface area contributed by atoms with Gasteiger partial charge in [0.15, 0.2) is 0 Å². The molecule has 0 aliphatic carbocycles. The van der Waals surface area contributed by atoms with Crippen LogP contribution in [-0.4, -0.2) is 30.8 Å². The van der Waals surface area contributed by atoms with Gasteiger partial charge in [0.2, 0.25) is 0 Å². The molecule has 0 saturated carbocycles. The monoisotopic (exact) mass is 281 g/mol. The number of halogens is 1. The molecule has 16 heavy (non-hydrogen) atoms. The highest BCUT2D eigenvalue weighted by Gasteiger charge is 2.18. The van der Waals surface area contributed by atoms with Crippen LogP contribution in [0.25, 0.3) is 0 Å². The summed E-state index contributed by atoms with van der Waals surface area (Å²) in [4.78, 5) is 13.5. The lowest BCUT2D eigenvalue weighted by Gasteiger charge is -2.19. The molecule has 1 aromatic carbocycles. The van der Waals surface area contributed by atoms with Crippen molar-refractivity contribution in [3.63, 3.8) is 0 Å². The lowest BCUT2D eigenvalue weighted by Crippen LogP contribution is -2.26. The Morgan fingerprint density at radius 2 is 1.88 bits per heavy atom. The predicted molar refractivity (Wildman–Crippen MR) is 68.6 cm³/mol. The van der Waals surface area contributed by atoms with Gasteiger partial charge in [-0.3, -0.25) is 0 Å². The van der Waals surface area contributed by atoms with Crippen LogP contribution in [0, 0.1) is 0 Å². The minimum absolute atomic E-state index is 0.0196. The standard InChI is InChI=1S/C13H16BrNO/c14-13-5-3-11(4-6-13)12(10-16)9-15-7-1-2-8-15/h3-6,10,12H,1-2,7-9H2. The summed E-state index contributed by atoms with van der Waals surface area (Å²) in [5.41, 5.74) is 1.12. The third-order valence-corrected chi connectivity index (χ3v) is 3.64. The van der Waals surface area contributed by atoms with Crippen LogP contribution < -0.4 is 0 Å². The van der Waals surface area contributed by atoms with Crippen LogP contribution >= 0.6 is 15.9 Å². The van der Waals surface area contributed by atoms with E-state index in [4.69, 9.17) is 0 Å². The molecule has 0 bridgehead atoms. The van der Waals surface area contributed by atoms with E-state index in [0.29, 0.717) is 0 Å². The Kier molecular flexibility index (Phi) is 4.13. The Bertz CT molecular complexity index is 343. The topological polar surface area (TPSA) is 20.3 Å². The molecule has 1 aliphatic rings. The largest absolute Gasteiger partial charge is 0.303 e. The van der Waals surface area contributed by atoms with E-state index in [9.17, 15) is 4.79 Å². The number of benzene rings is 1. The molecule has 0 radical (unpaired) electrons. The Labute approximate surface area is 105 Å². The van der Waals surface area contributed by atoms with Gasteiger partial charge in [0.1, 0.15) is 6.29 Å². The molecule has 1 unspecified atom stereocenters. The third kappa shape index (κ3) is 2.92. The molecular weight excluding hydrogens is 266 g/mol. The Morgan fingerprint density at radius 3 is 2.44 bits per heavy atom. The Morgan fingerprint density at radius 1 is 1.25 bits per heavy atom. The summed E-state index contributed by atoms with van der Waals surface area (Å²) in [5, 5.41) is 0. The van der Waals surface area contributed by atoms with Gasteiger partial charge >= 0.3 is 0 Å². The second-order valence-corrected chi connectivity index (χ2v) is 5.22. The van der Waals surface area contributed by atoms with E-state index in [0.717, 1.165) is 36.0 Å². The van der Waals surface area contributed by atoms with Crippen molar-refractivity contribution in [1.82, 2.24) is 4.90 Å². The first kappa shape index (κ1) is 11.8. The van der Waals surface area contributed by atoms with Gasteiger partial charge in [0.25, 0.3) is 0 Å². The predicted octanol–water partition coefficient (Wildman–Crippen LogP) is 2.83. The number of nitrogens with zero attached hydrogens (tertiary/aromatic N) is 1. The van der Waals surface area contributed by atoms with Gasteiger partial charge < -0.3 is 9.69 Å². The zero-order valence-corrected chi connectivity index (χ0v) is 10.8. The number of carbonyl (C=O) groups excluding carboxylic acids is 1. The summed E-state index contributed by atoms with van der Waals surface area (Å²) in [6.07, 6.45) is 3.61. The average Bonchev–Trinajstić information content (AvgIpc) is 2.80. The van der Waals surface area contributed by atoms with Crippen molar-refractivity contribution in [2.45, 2.75) is 18.8 Å². The molecule has 1 heterocycles. The van der Waals surface area contributed by atoms with E-state index in [1.165, 1.54) is 12.8 Å². The maximum Gasteiger partial charge on any atom is 0.128 e. The van der Waals surface area contributed by atoms with E-state index < -0.39 is 0 Å². The summed E-state index contributed by atoms with van der Waals surface area (Å²) < 4.78 is 1.06. The average molecular weight is 282 g/mol. The molecule has 3 heteroatoms. The molecule has 0 amide bonds. The van der Waals surface area contributed by atoms with Gasteiger partial charge in [0.05, 0.1) is 5.92 Å². The van der Waals surface area contributed by atoms with Crippen molar-refractivity contribution in [1.29, 1.82) is 0 Å². The minimum atomic E-state index is 0.0196. The highest BCUT2D eigenvalue weighted by molar-refractivity contribution is 9.10. The first-order valence-corrected chi connectivity index (χ1v) is 6.52. The molecule has 0 N–H and O–H groups in total. The molecule has 2 rings (SSSR count). The Hall–Kier alpha value is -0.670. The normalized spacial score (nSPS) is 18.6. The lowest BCUT2D eigenvalue weighted by atomic mass is 10.0. The highest BCUT2D eigenvalue weighted by atomic mass is 79.9. The van der Waals surface area contributed by atoms with Crippen LogP contribution in [-0.2, 0) is 4.79 Å². The van der Waals surface area contributed by atoms with E-state index in [1.54, 1.807) is 0 Å². The molecule has 86 valence electrons. The van der Waals surface area contributed by atoms with Gasteiger partial charge in [-0.25, -0.2) is 0 Å². The van der Waals surface area contributed by atoms with Crippen molar-refractivity contribution >= 4 is 22.2 Å². The number of hydrogen-bond acceptors (Lipinski definition) is 2. The number of likely N-dealkylation sites (tertiary alicyclic amines) is 1. The first-order chi connectivity index (χ1) is 7.79. The maximum absolute atomic E-state index is 11.1. The van der Waals surface area contributed by atoms with Crippen LogP contribution in [0.15, 0.2) is 28.7 Å². The second kappa shape index (κ2) is 5.60. The maximum atomic E-state index is 11.1. The number of aldehydes is 1. The zero-order valence-electron chi connectivity index (χ0n) is 9.23. The van der Waals surface area contributed by atoms with E-state index >= 15 is 0 Å². The minimum Gasteiger partial charge on any atom is -0.303 e. The van der Waals surface area contributed by atoms with Crippen LogP contribution in [0.1, 0.15) is 24.3 Å². The van der Waals surface area contributed by atoms with Gasteiger partial charge in [-0.05, 0) is 43.6 Å². The van der Waals surface area contributed by atoms with Gasteiger partial charge in [-0.2, -0.15) is 0 Å². The zero-order chi connectivity index (χ0) is 11.4. The summed E-state index contributed by atoms with van der Waals surface area (Å²) in [7, 11) is 0. The fourth-order valence-corrected chi connectivity index (χ4v) is 2.44. The van der Waals surface area contributed by atoms with Crippen molar-refractivity contribution in [3.8, 4) is 0 Å². The van der Waals surface area contributed by atoms with E-state index in [1.807, 2.05) is 24.3 Å². The molecule has 1 saturated heterocycles. The SMILES string of the molecule is O=CC(CN1CCCC1)c1ccc(Br)cc1. The van der Waals surface area contributed by atoms with Crippen LogP contribution in [0.2, 0.25) is 0 Å². The van der Waals surface area contributed by atoms with Crippen molar-refractivity contribution in [2.24, 2.45) is 0 Å². The van der Waals surface area contributed by atoms with Gasteiger partial charge in [-0.15, -0.1) is 0 Å². The first-order valence-electron chi connectivity index (χ1n) is 5.72. The van der Waals surface area contributed by atoms with Crippen LogP contribution in [0.5, 0.6) is 0 Å². The molecule has 1 fully saturated rings. The molecule has 1 atom stereocenters. The molecule has 0 aromatic heterocycles. The molecule has 0 spiro atoms. The second-order valence-electron chi connectivity index (χ2n) is 4.30. The van der Waals surface area contributed by atoms with Gasteiger partial charge in [-0.1, -0.05) is 28.1 Å². The molecular formula is C13H16BrNO. The lowest BCUT2D eigenvalue weighted by molar-refractivity contribution is -0.109. The highest BCUT2D eigenvalue weighted by Crippen LogP contribution is 2.20. The summed E-state index contributed by atoms with van der Waals surface area (Å²) >= 11 is 3.41. The summed E-state index contributed by atoms with van der Waals surface area (Å²) in [6.45, 7) is 3.15. The van der Waals surface area contributed by atoms with Crippen LogP contribution in [0.4, 0.5) is 0 Å².